The fourth-order valence-electron chi connectivity index (χ4n) is 2.67. The molecule has 1 unspecified atom stereocenters. The quantitative estimate of drug-likeness (QED) is 0.589. The summed E-state index contributed by atoms with van der Waals surface area (Å²) < 4.78 is 0. The zero-order chi connectivity index (χ0) is 12.3. The van der Waals surface area contributed by atoms with Crippen LogP contribution in [0.3, 0.4) is 0 Å². The van der Waals surface area contributed by atoms with Crippen LogP contribution in [-0.4, -0.2) is 37.1 Å². The minimum absolute atomic E-state index is 0.773. The third-order valence-electron chi connectivity index (χ3n) is 3.78. The van der Waals surface area contributed by atoms with E-state index in [4.69, 9.17) is 0 Å². The minimum Gasteiger partial charge on any atom is -0.313 e. The first-order chi connectivity index (χ1) is 8.36. The van der Waals surface area contributed by atoms with Gasteiger partial charge in [0.15, 0.2) is 0 Å². The summed E-state index contributed by atoms with van der Waals surface area (Å²) in [6.07, 6.45) is 11.1. The molecule has 1 N–H and O–H groups in total. The second-order valence-corrected chi connectivity index (χ2v) is 5.51. The monoisotopic (exact) mass is 240 g/mol. The normalized spacial score (nSPS) is 21.2. The molecule has 0 spiro atoms. The van der Waals surface area contributed by atoms with Crippen molar-refractivity contribution in [1.82, 2.24) is 10.2 Å². The number of nitrogens with zero attached hydrogens (tertiary/aromatic N) is 1. The highest BCUT2D eigenvalue weighted by atomic mass is 15.2. The SMILES string of the molecule is CCCCCCCCN1CCC(NCCC)C1. The van der Waals surface area contributed by atoms with E-state index in [2.05, 4.69) is 24.1 Å². The van der Waals surface area contributed by atoms with Gasteiger partial charge in [0.05, 0.1) is 0 Å². The van der Waals surface area contributed by atoms with Crippen molar-refractivity contribution in [1.29, 1.82) is 0 Å². The first-order valence-corrected chi connectivity index (χ1v) is 7.82. The first-order valence-electron chi connectivity index (χ1n) is 7.82. The molecule has 1 rings (SSSR count). The number of likely N-dealkylation sites (tertiary alicyclic amines) is 1. The van der Waals surface area contributed by atoms with Crippen molar-refractivity contribution >= 4 is 0 Å². The van der Waals surface area contributed by atoms with Crippen molar-refractivity contribution in [3.05, 3.63) is 0 Å². The molecule has 0 amide bonds. The molecule has 1 atom stereocenters. The number of unbranched alkanes of at least 4 members (excludes halogenated alkanes) is 5. The second kappa shape index (κ2) is 9.90. The molecule has 0 radical (unpaired) electrons. The van der Waals surface area contributed by atoms with Crippen molar-refractivity contribution in [2.45, 2.75) is 71.3 Å². The van der Waals surface area contributed by atoms with Crippen molar-refractivity contribution in [2.24, 2.45) is 0 Å². The molecule has 0 bridgehead atoms. The van der Waals surface area contributed by atoms with Gasteiger partial charge in [-0.1, -0.05) is 46.0 Å². The Hall–Kier alpha value is -0.0800. The lowest BCUT2D eigenvalue weighted by atomic mass is 10.1. The summed E-state index contributed by atoms with van der Waals surface area (Å²) >= 11 is 0. The Morgan fingerprint density at radius 2 is 1.76 bits per heavy atom. The van der Waals surface area contributed by atoms with Crippen molar-refractivity contribution in [3.63, 3.8) is 0 Å². The summed E-state index contributed by atoms with van der Waals surface area (Å²) in [5.74, 6) is 0. The highest BCUT2D eigenvalue weighted by molar-refractivity contribution is 4.80. The molecule has 0 aromatic heterocycles. The van der Waals surface area contributed by atoms with E-state index in [9.17, 15) is 0 Å². The van der Waals surface area contributed by atoms with Crippen LogP contribution < -0.4 is 5.32 Å². The van der Waals surface area contributed by atoms with Gasteiger partial charge in [0.2, 0.25) is 0 Å². The molecule has 2 heteroatoms. The lowest BCUT2D eigenvalue weighted by Crippen LogP contribution is -2.33. The second-order valence-electron chi connectivity index (χ2n) is 5.51. The van der Waals surface area contributed by atoms with E-state index in [0.29, 0.717) is 0 Å². The molecular weight excluding hydrogens is 208 g/mol. The average Bonchev–Trinajstić information content (AvgIpc) is 2.79. The maximum atomic E-state index is 3.64. The van der Waals surface area contributed by atoms with Gasteiger partial charge < -0.3 is 10.2 Å². The molecule has 17 heavy (non-hydrogen) atoms. The topological polar surface area (TPSA) is 15.3 Å². The molecule has 0 saturated carbocycles. The molecule has 0 aromatic carbocycles. The van der Waals surface area contributed by atoms with Gasteiger partial charge in [0, 0.05) is 12.6 Å². The van der Waals surface area contributed by atoms with E-state index >= 15 is 0 Å². The van der Waals surface area contributed by atoms with Gasteiger partial charge in [-0.25, -0.2) is 0 Å². The van der Waals surface area contributed by atoms with E-state index in [0.717, 1.165) is 6.04 Å². The summed E-state index contributed by atoms with van der Waals surface area (Å²) in [5, 5.41) is 3.64. The summed E-state index contributed by atoms with van der Waals surface area (Å²) in [4.78, 5) is 2.65. The lowest BCUT2D eigenvalue weighted by Gasteiger charge is -2.16. The van der Waals surface area contributed by atoms with Crippen molar-refractivity contribution in [2.75, 3.05) is 26.2 Å². The predicted octanol–water partition coefficient (Wildman–Crippen LogP) is 3.42. The third-order valence-corrected chi connectivity index (χ3v) is 3.78. The number of rotatable bonds is 10. The number of hydrogen-bond acceptors (Lipinski definition) is 2. The Morgan fingerprint density at radius 1 is 1.00 bits per heavy atom. The minimum atomic E-state index is 0.773. The van der Waals surface area contributed by atoms with E-state index in [-0.39, 0.29) is 0 Å². The van der Waals surface area contributed by atoms with Gasteiger partial charge in [-0.15, -0.1) is 0 Å². The Kier molecular flexibility index (Phi) is 8.72. The van der Waals surface area contributed by atoms with Crippen molar-refractivity contribution in [3.8, 4) is 0 Å². The first kappa shape index (κ1) is 15.0. The van der Waals surface area contributed by atoms with Crippen LogP contribution in [0.25, 0.3) is 0 Å². The Bertz CT molecular complexity index is 170. The van der Waals surface area contributed by atoms with Crippen LogP contribution in [0.15, 0.2) is 0 Å². The molecule has 1 fully saturated rings. The lowest BCUT2D eigenvalue weighted by molar-refractivity contribution is 0.317. The zero-order valence-corrected chi connectivity index (χ0v) is 12.0. The summed E-state index contributed by atoms with van der Waals surface area (Å²) in [7, 11) is 0. The Labute approximate surface area is 108 Å². The molecule has 102 valence electrons. The van der Waals surface area contributed by atoms with Crippen LogP contribution in [-0.2, 0) is 0 Å². The summed E-state index contributed by atoms with van der Waals surface area (Å²) in [6.45, 7) is 9.65. The fraction of sp³-hybridized carbons (Fsp3) is 1.00. The third kappa shape index (κ3) is 7.05. The molecular formula is C15H32N2. The van der Waals surface area contributed by atoms with Crippen LogP contribution in [0.1, 0.15) is 65.2 Å². The Morgan fingerprint density at radius 3 is 2.53 bits per heavy atom. The van der Waals surface area contributed by atoms with E-state index in [1.807, 2.05) is 0 Å². The van der Waals surface area contributed by atoms with Crippen LogP contribution >= 0.6 is 0 Å². The van der Waals surface area contributed by atoms with Gasteiger partial charge in [-0.05, 0) is 38.9 Å². The largest absolute Gasteiger partial charge is 0.313 e. The molecule has 1 saturated heterocycles. The predicted molar refractivity (Wildman–Crippen MR) is 76.5 cm³/mol. The number of nitrogens with one attached hydrogen (secondary N) is 1. The summed E-state index contributed by atoms with van der Waals surface area (Å²) in [6, 6.07) is 0.773. The van der Waals surface area contributed by atoms with Gasteiger partial charge in [-0.3, -0.25) is 0 Å². The summed E-state index contributed by atoms with van der Waals surface area (Å²) in [5.41, 5.74) is 0. The van der Waals surface area contributed by atoms with Crippen molar-refractivity contribution < 1.29 is 0 Å². The van der Waals surface area contributed by atoms with E-state index in [1.165, 1.54) is 77.5 Å². The van der Waals surface area contributed by atoms with Crippen LogP contribution in [0, 0.1) is 0 Å². The van der Waals surface area contributed by atoms with Gasteiger partial charge >= 0.3 is 0 Å². The van der Waals surface area contributed by atoms with E-state index < -0.39 is 0 Å². The van der Waals surface area contributed by atoms with Crippen LogP contribution in [0.2, 0.25) is 0 Å². The van der Waals surface area contributed by atoms with Gasteiger partial charge in [0.1, 0.15) is 0 Å². The number of hydrogen-bond donors (Lipinski definition) is 1. The molecule has 1 aliphatic heterocycles. The highest BCUT2D eigenvalue weighted by Crippen LogP contribution is 2.11. The van der Waals surface area contributed by atoms with E-state index in [1.54, 1.807) is 0 Å². The standard InChI is InChI=1S/C15H32N2/c1-3-5-6-7-8-9-12-17-13-10-15(14-17)16-11-4-2/h15-16H,3-14H2,1-2H3. The molecule has 0 aromatic rings. The van der Waals surface area contributed by atoms with Gasteiger partial charge in [0.25, 0.3) is 0 Å². The maximum absolute atomic E-state index is 3.64. The smallest absolute Gasteiger partial charge is 0.0207 e. The highest BCUT2D eigenvalue weighted by Gasteiger charge is 2.20. The molecule has 1 heterocycles. The van der Waals surface area contributed by atoms with Gasteiger partial charge in [-0.2, -0.15) is 0 Å². The molecule has 1 aliphatic rings. The maximum Gasteiger partial charge on any atom is 0.0207 e. The fourth-order valence-corrected chi connectivity index (χ4v) is 2.67. The zero-order valence-electron chi connectivity index (χ0n) is 12.0. The molecule has 0 aliphatic carbocycles. The van der Waals surface area contributed by atoms with Crippen LogP contribution in [0.4, 0.5) is 0 Å². The van der Waals surface area contributed by atoms with Crippen LogP contribution in [0.5, 0.6) is 0 Å². The Balaban J connectivity index is 1.91. The molecule has 2 nitrogen and oxygen atoms in total. The average molecular weight is 240 g/mol.